The molecule has 0 aromatic heterocycles. The van der Waals surface area contributed by atoms with Crippen LogP contribution in [0.4, 0.5) is 14.5 Å². The molecule has 0 bridgehead atoms. The number of nitrogens with two attached hydrogens (primary N) is 1. The van der Waals surface area contributed by atoms with Crippen LogP contribution in [0.15, 0.2) is 36.4 Å². The van der Waals surface area contributed by atoms with E-state index in [0.717, 1.165) is 0 Å². The van der Waals surface area contributed by atoms with Gasteiger partial charge in [-0.05, 0) is 36.2 Å². The number of anilines is 1. The van der Waals surface area contributed by atoms with Crippen LogP contribution < -0.4 is 15.8 Å². The van der Waals surface area contributed by atoms with Crippen LogP contribution in [0.1, 0.15) is 17.2 Å². The number of methoxy groups -OCH3 is 1. The second kappa shape index (κ2) is 6.54. The minimum atomic E-state index is -0.415. The first-order valence-electron chi connectivity index (χ1n) is 6.61. The van der Waals surface area contributed by atoms with Gasteiger partial charge in [-0.15, -0.1) is 0 Å². The van der Waals surface area contributed by atoms with Crippen molar-refractivity contribution >= 4 is 5.69 Å². The molecule has 21 heavy (non-hydrogen) atoms. The number of benzene rings is 2. The van der Waals surface area contributed by atoms with Crippen molar-refractivity contribution in [3.8, 4) is 5.75 Å². The van der Waals surface area contributed by atoms with Gasteiger partial charge in [-0.1, -0.05) is 12.1 Å². The van der Waals surface area contributed by atoms with Crippen LogP contribution >= 0.6 is 0 Å². The highest BCUT2D eigenvalue weighted by molar-refractivity contribution is 5.51. The van der Waals surface area contributed by atoms with Crippen molar-refractivity contribution < 1.29 is 13.5 Å². The van der Waals surface area contributed by atoms with E-state index in [1.165, 1.54) is 25.3 Å². The molecule has 2 aromatic rings. The lowest BCUT2D eigenvalue weighted by molar-refractivity contribution is 0.414. The highest BCUT2D eigenvalue weighted by Gasteiger charge is 2.14. The van der Waals surface area contributed by atoms with Crippen molar-refractivity contribution in [2.75, 3.05) is 19.0 Å². The molecular formula is C16H18F2N2O. The summed E-state index contributed by atoms with van der Waals surface area (Å²) in [4.78, 5) is 0. The fraction of sp³-hybridized carbons (Fsp3) is 0.250. The Bertz CT molecular complexity index is 632. The predicted molar refractivity (Wildman–Crippen MR) is 79.5 cm³/mol. The van der Waals surface area contributed by atoms with Crippen molar-refractivity contribution in [1.29, 1.82) is 0 Å². The molecule has 3 N–H and O–H groups in total. The lowest BCUT2D eigenvalue weighted by atomic mass is 10.0. The molecule has 3 nitrogen and oxygen atoms in total. The molecule has 0 radical (unpaired) electrons. The molecule has 0 saturated carbocycles. The molecule has 0 aliphatic carbocycles. The Kier molecular flexibility index (Phi) is 4.75. The second-order valence-electron chi connectivity index (χ2n) is 4.79. The Morgan fingerprint density at radius 2 is 1.90 bits per heavy atom. The van der Waals surface area contributed by atoms with Crippen molar-refractivity contribution in [3.05, 3.63) is 59.2 Å². The van der Waals surface area contributed by atoms with E-state index < -0.39 is 5.82 Å². The van der Waals surface area contributed by atoms with Gasteiger partial charge in [0, 0.05) is 12.6 Å². The number of halogens is 2. The highest BCUT2D eigenvalue weighted by Crippen LogP contribution is 2.26. The number of hydrogen-bond donors (Lipinski definition) is 2. The zero-order valence-electron chi connectivity index (χ0n) is 12.0. The largest absolute Gasteiger partial charge is 0.497 e. The standard InChI is InChI=1S/C16H18F2N2O/c1-10-3-4-11(7-14(10)18)16(9-19)20-15-8-12(21-2)5-6-13(15)17/h3-8,16,20H,9,19H2,1-2H3. The maximum absolute atomic E-state index is 13.8. The number of ether oxygens (including phenoxy) is 1. The maximum atomic E-state index is 13.8. The van der Waals surface area contributed by atoms with Gasteiger partial charge in [-0.3, -0.25) is 0 Å². The Morgan fingerprint density at radius 1 is 1.14 bits per heavy atom. The molecule has 1 unspecified atom stereocenters. The molecule has 0 spiro atoms. The van der Waals surface area contributed by atoms with E-state index in [-0.39, 0.29) is 24.1 Å². The van der Waals surface area contributed by atoms with Crippen molar-refractivity contribution in [2.45, 2.75) is 13.0 Å². The average Bonchev–Trinajstić information content (AvgIpc) is 2.49. The normalized spacial score (nSPS) is 12.0. The number of aryl methyl sites for hydroxylation is 1. The lowest BCUT2D eigenvalue weighted by Crippen LogP contribution is -2.21. The Balaban J connectivity index is 2.28. The molecule has 2 aromatic carbocycles. The Hall–Kier alpha value is -2.14. The topological polar surface area (TPSA) is 47.3 Å². The summed E-state index contributed by atoms with van der Waals surface area (Å²) in [5.74, 6) is -0.189. The summed E-state index contributed by atoms with van der Waals surface area (Å²) in [6.45, 7) is 1.89. The summed E-state index contributed by atoms with van der Waals surface area (Å²) in [5.41, 5.74) is 7.22. The molecule has 112 valence electrons. The van der Waals surface area contributed by atoms with E-state index in [4.69, 9.17) is 10.5 Å². The van der Waals surface area contributed by atoms with Crippen molar-refractivity contribution in [1.82, 2.24) is 0 Å². The summed E-state index contributed by atoms with van der Waals surface area (Å²) in [6.07, 6.45) is 0. The minimum Gasteiger partial charge on any atom is -0.497 e. The van der Waals surface area contributed by atoms with Gasteiger partial charge in [0.1, 0.15) is 17.4 Å². The summed E-state index contributed by atoms with van der Waals surface area (Å²) in [7, 11) is 1.51. The Morgan fingerprint density at radius 3 is 2.52 bits per heavy atom. The molecule has 2 rings (SSSR count). The van der Waals surface area contributed by atoms with E-state index >= 15 is 0 Å². The zero-order chi connectivity index (χ0) is 15.4. The first-order chi connectivity index (χ1) is 10.0. The van der Waals surface area contributed by atoms with E-state index in [2.05, 4.69) is 5.32 Å². The third kappa shape index (κ3) is 3.49. The van der Waals surface area contributed by atoms with Gasteiger partial charge in [-0.25, -0.2) is 8.78 Å². The van der Waals surface area contributed by atoms with E-state index in [1.807, 2.05) is 0 Å². The van der Waals surface area contributed by atoms with Gasteiger partial charge in [0.15, 0.2) is 0 Å². The van der Waals surface area contributed by atoms with E-state index in [0.29, 0.717) is 16.9 Å². The molecule has 5 heteroatoms. The van der Waals surface area contributed by atoms with Crippen LogP contribution in [0.2, 0.25) is 0 Å². The lowest BCUT2D eigenvalue weighted by Gasteiger charge is -2.20. The van der Waals surface area contributed by atoms with Crippen LogP contribution in [-0.2, 0) is 0 Å². The van der Waals surface area contributed by atoms with Gasteiger partial charge >= 0.3 is 0 Å². The quantitative estimate of drug-likeness (QED) is 0.888. The third-order valence-corrected chi connectivity index (χ3v) is 3.34. The van der Waals surface area contributed by atoms with Crippen LogP contribution in [-0.4, -0.2) is 13.7 Å². The number of hydrogen-bond acceptors (Lipinski definition) is 3. The van der Waals surface area contributed by atoms with Crippen molar-refractivity contribution in [2.24, 2.45) is 5.73 Å². The smallest absolute Gasteiger partial charge is 0.146 e. The second-order valence-corrected chi connectivity index (χ2v) is 4.79. The number of nitrogens with one attached hydrogen (secondary N) is 1. The van der Waals surface area contributed by atoms with Crippen LogP contribution in [0.3, 0.4) is 0 Å². The van der Waals surface area contributed by atoms with Crippen molar-refractivity contribution in [3.63, 3.8) is 0 Å². The highest BCUT2D eigenvalue weighted by atomic mass is 19.1. The summed E-state index contributed by atoms with van der Waals surface area (Å²) >= 11 is 0. The first kappa shape index (κ1) is 15.3. The molecule has 0 saturated heterocycles. The fourth-order valence-corrected chi connectivity index (χ4v) is 2.03. The summed E-state index contributed by atoms with van der Waals surface area (Å²) < 4.78 is 32.5. The number of rotatable bonds is 5. The van der Waals surface area contributed by atoms with E-state index in [1.54, 1.807) is 25.1 Å². The van der Waals surface area contributed by atoms with Crippen LogP contribution in [0.25, 0.3) is 0 Å². The van der Waals surface area contributed by atoms with E-state index in [9.17, 15) is 8.78 Å². The first-order valence-corrected chi connectivity index (χ1v) is 6.61. The Labute approximate surface area is 122 Å². The average molecular weight is 292 g/mol. The minimum absolute atomic E-state index is 0.207. The third-order valence-electron chi connectivity index (χ3n) is 3.34. The van der Waals surface area contributed by atoms with Gasteiger partial charge in [0.2, 0.25) is 0 Å². The molecule has 1 atom stereocenters. The fourth-order valence-electron chi connectivity index (χ4n) is 2.03. The maximum Gasteiger partial charge on any atom is 0.146 e. The molecule has 0 fully saturated rings. The molecule has 0 aliphatic rings. The van der Waals surface area contributed by atoms with Gasteiger partial charge in [0.25, 0.3) is 0 Å². The molecule has 0 heterocycles. The zero-order valence-corrected chi connectivity index (χ0v) is 12.0. The summed E-state index contributed by atoms with van der Waals surface area (Å²) in [6, 6.07) is 8.87. The van der Waals surface area contributed by atoms with Crippen LogP contribution in [0.5, 0.6) is 5.75 Å². The van der Waals surface area contributed by atoms with Gasteiger partial charge in [0.05, 0.1) is 18.8 Å². The van der Waals surface area contributed by atoms with Crippen LogP contribution in [0, 0.1) is 18.6 Å². The van der Waals surface area contributed by atoms with Gasteiger partial charge in [-0.2, -0.15) is 0 Å². The SMILES string of the molecule is COc1ccc(F)c(NC(CN)c2ccc(C)c(F)c2)c1. The summed E-state index contributed by atoms with van der Waals surface area (Å²) in [5, 5.41) is 2.99. The molecule has 0 aliphatic heterocycles. The van der Waals surface area contributed by atoms with Gasteiger partial charge < -0.3 is 15.8 Å². The predicted octanol–water partition coefficient (Wildman–Crippen LogP) is 3.39. The molecule has 0 amide bonds. The molecular weight excluding hydrogens is 274 g/mol. The monoisotopic (exact) mass is 292 g/mol.